The van der Waals surface area contributed by atoms with Crippen LogP contribution in [0.5, 0.6) is 0 Å². The maximum Gasteiger partial charge on any atom is 0.214 e. The Morgan fingerprint density at radius 2 is 2.00 bits per heavy atom. The highest BCUT2D eigenvalue weighted by Gasteiger charge is 2.03. The maximum absolute atomic E-state index is 10.0. The molecule has 2 rings (SSSR count). The van der Waals surface area contributed by atoms with Crippen LogP contribution in [-0.4, -0.2) is 4.57 Å². The molecule has 0 spiro atoms. The first-order chi connectivity index (χ1) is 7.33. The zero-order valence-electron chi connectivity index (χ0n) is 8.12. The van der Waals surface area contributed by atoms with Crippen LogP contribution in [0.3, 0.4) is 0 Å². The van der Waals surface area contributed by atoms with Crippen LogP contribution in [0.2, 0.25) is 0 Å². The van der Waals surface area contributed by atoms with Crippen molar-refractivity contribution < 1.29 is 0 Å². The van der Waals surface area contributed by atoms with E-state index in [1.165, 1.54) is 11.3 Å². The molecule has 0 aliphatic carbocycles. The Balaban J connectivity index is 2.56. The molecule has 0 atom stereocenters. The molecule has 1 aromatic heterocycles. The quantitative estimate of drug-likeness (QED) is 0.565. The fourth-order valence-corrected chi connectivity index (χ4v) is 2.21. The summed E-state index contributed by atoms with van der Waals surface area (Å²) in [5, 5.41) is 8.00. The van der Waals surface area contributed by atoms with Crippen molar-refractivity contribution in [1.29, 1.82) is 0 Å². The lowest BCUT2D eigenvalue weighted by molar-refractivity contribution is 0.861. The van der Waals surface area contributed by atoms with Gasteiger partial charge in [0.25, 0.3) is 0 Å². The van der Waals surface area contributed by atoms with E-state index < -0.39 is 0 Å². The Bertz CT molecular complexity index is 527. The lowest BCUT2D eigenvalue weighted by Crippen LogP contribution is -2.10. The Hall–Kier alpha value is -1.75. The molecule has 1 aromatic carbocycles. The van der Waals surface area contributed by atoms with Crippen LogP contribution in [0.1, 0.15) is 0 Å². The van der Waals surface area contributed by atoms with E-state index >= 15 is 0 Å². The lowest BCUT2D eigenvalue weighted by atomic mass is 10.2. The number of rotatable bonds is 2. The highest BCUT2D eigenvalue weighted by molar-refractivity contribution is 7.07. The van der Waals surface area contributed by atoms with Gasteiger partial charge in [-0.05, 0) is 5.56 Å². The molecule has 5 heteroatoms. The average Bonchev–Trinajstić information content (AvgIpc) is 2.63. The number of aromatic nitrogens is 1. The Morgan fingerprint density at radius 1 is 1.27 bits per heavy atom. The monoisotopic (exact) mass is 219 g/mol. The fourth-order valence-electron chi connectivity index (χ4n) is 1.37. The molecule has 0 amide bonds. The summed E-state index contributed by atoms with van der Waals surface area (Å²) in [7, 11) is 1.86. The van der Waals surface area contributed by atoms with Gasteiger partial charge in [0.15, 0.2) is 0 Å². The summed E-state index contributed by atoms with van der Waals surface area (Å²) in [6.45, 7) is 0. The fraction of sp³-hybridized carbons (Fsp3) is 0.100. The van der Waals surface area contributed by atoms with Crippen molar-refractivity contribution in [3.63, 3.8) is 0 Å². The molecule has 0 fully saturated rings. The Labute approximate surface area is 90.5 Å². The normalized spacial score (nSPS) is 11.7. The van der Waals surface area contributed by atoms with Crippen molar-refractivity contribution in [3.8, 4) is 11.3 Å². The summed E-state index contributed by atoms with van der Waals surface area (Å²) in [6.07, 6.45) is 0. The van der Waals surface area contributed by atoms with Crippen molar-refractivity contribution in [2.45, 2.75) is 0 Å². The van der Waals surface area contributed by atoms with Crippen LogP contribution >= 0.6 is 11.3 Å². The van der Waals surface area contributed by atoms with Crippen LogP contribution in [-0.2, 0) is 7.05 Å². The zero-order chi connectivity index (χ0) is 10.7. The predicted molar refractivity (Wildman–Crippen MR) is 60.1 cm³/mol. The molecule has 0 saturated heterocycles. The zero-order valence-corrected chi connectivity index (χ0v) is 8.94. The van der Waals surface area contributed by atoms with Gasteiger partial charge >= 0.3 is 0 Å². The van der Waals surface area contributed by atoms with Crippen LogP contribution in [0.4, 0.5) is 0 Å². The van der Waals surface area contributed by atoms with Crippen molar-refractivity contribution in [3.05, 3.63) is 45.4 Å². The summed E-state index contributed by atoms with van der Waals surface area (Å²) < 4.78 is 1.85. The van der Waals surface area contributed by atoms with E-state index in [9.17, 15) is 4.91 Å². The molecule has 0 unspecified atom stereocenters. The third-order valence-corrected chi connectivity index (χ3v) is 3.03. The molecule has 15 heavy (non-hydrogen) atoms. The van der Waals surface area contributed by atoms with E-state index in [1.54, 1.807) is 0 Å². The smallest absolute Gasteiger partial charge is 0.214 e. The van der Waals surface area contributed by atoms with Crippen molar-refractivity contribution >= 4 is 11.3 Å². The molecule has 0 bridgehead atoms. The lowest BCUT2D eigenvalue weighted by Gasteiger charge is -2.00. The van der Waals surface area contributed by atoms with Crippen LogP contribution in [0.15, 0.2) is 46.1 Å². The summed E-state index contributed by atoms with van der Waals surface area (Å²) >= 11 is 1.40. The number of nitrogens with zero attached hydrogens (tertiary/aromatic N) is 3. The highest BCUT2D eigenvalue weighted by Crippen LogP contribution is 2.18. The van der Waals surface area contributed by atoms with Gasteiger partial charge < -0.3 is 4.57 Å². The maximum atomic E-state index is 10.0. The number of thiazole rings is 1. The van der Waals surface area contributed by atoms with Crippen molar-refractivity contribution in [2.75, 3.05) is 0 Å². The molecule has 4 nitrogen and oxygen atoms in total. The van der Waals surface area contributed by atoms with E-state index in [2.05, 4.69) is 10.4 Å². The van der Waals surface area contributed by atoms with Gasteiger partial charge in [0.1, 0.15) is 0 Å². The first kappa shape index (κ1) is 9.79. The van der Waals surface area contributed by atoms with Gasteiger partial charge in [-0.2, -0.15) is 0 Å². The molecule has 0 radical (unpaired) electrons. The number of benzene rings is 1. The molecule has 0 saturated carbocycles. The third-order valence-electron chi connectivity index (χ3n) is 2.12. The summed E-state index contributed by atoms with van der Waals surface area (Å²) in [6, 6.07) is 9.94. The second-order valence-electron chi connectivity index (χ2n) is 3.01. The largest absolute Gasteiger partial charge is 0.318 e. The molecule has 0 aliphatic heterocycles. The Kier molecular flexibility index (Phi) is 2.73. The van der Waals surface area contributed by atoms with Gasteiger partial charge in [-0.15, -0.1) is 16.2 Å². The number of hydrogen-bond acceptors (Lipinski definition) is 3. The van der Waals surface area contributed by atoms with Crippen LogP contribution in [0, 0.1) is 4.91 Å². The van der Waals surface area contributed by atoms with Gasteiger partial charge in [-0.1, -0.05) is 35.4 Å². The molecular formula is C10H9N3OS. The third kappa shape index (κ3) is 1.87. The molecule has 1 heterocycles. The first-order valence-electron chi connectivity index (χ1n) is 4.39. The summed E-state index contributed by atoms with van der Waals surface area (Å²) in [4.78, 5) is 10.6. The minimum absolute atomic E-state index is 0.601. The van der Waals surface area contributed by atoms with Gasteiger partial charge in [0.05, 0.1) is 11.0 Å². The topological polar surface area (TPSA) is 46.7 Å². The summed E-state index contributed by atoms with van der Waals surface area (Å²) in [5.41, 5.74) is 2.13. The van der Waals surface area contributed by atoms with Gasteiger partial charge in [0.2, 0.25) is 4.80 Å². The van der Waals surface area contributed by atoms with E-state index in [0.717, 1.165) is 11.3 Å². The summed E-state index contributed by atoms with van der Waals surface area (Å²) in [5.74, 6) is 0. The van der Waals surface area contributed by atoms with Crippen LogP contribution < -0.4 is 4.80 Å². The molecule has 2 aromatic rings. The first-order valence-corrected chi connectivity index (χ1v) is 5.27. The highest BCUT2D eigenvalue weighted by atomic mass is 32.1. The standard InChI is InChI=1S/C10H9N3OS/c1-13-9(7-15-10(13)11-12-14)8-5-3-2-4-6-8/h2-7H,1H3. The Morgan fingerprint density at radius 3 is 2.67 bits per heavy atom. The molecular weight excluding hydrogens is 210 g/mol. The number of hydrogen-bond donors (Lipinski definition) is 0. The molecule has 0 N–H and O–H groups in total. The molecule has 76 valence electrons. The minimum Gasteiger partial charge on any atom is -0.318 e. The van der Waals surface area contributed by atoms with E-state index in [0.29, 0.717) is 4.80 Å². The SMILES string of the molecule is Cn1c(-c2ccccc2)csc1=NN=O. The number of nitroso groups, excluding NO2 is 1. The average molecular weight is 219 g/mol. The van der Waals surface area contributed by atoms with E-state index in [1.807, 2.05) is 47.3 Å². The van der Waals surface area contributed by atoms with Crippen LogP contribution in [0.25, 0.3) is 11.3 Å². The van der Waals surface area contributed by atoms with Gasteiger partial charge in [0, 0.05) is 12.4 Å². The van der Waals surface area contributed by atoms with Crippen molar-refractivity contribution in [1.82, 2.24) is 4.57 Å². The second kappa shape index (κ2) is 4.18. The van der Waals surface area contributed by atoms with Crippen molar-refractivity contribution in [2.24, 2.45) is 17.4 Å². The van der Waals surface area contributed by atoms with Gasteiger partial charge in [-0.3, -0.25) is 0 Å². The second-order valence-corrected chi connectivity index (χ2v) is 3.85. The molecule has 0 aliphatic rings. The minimum atomic E-state index is 0.601. The predicted octanol–water partition coefficient (Wildman–Crippen LogP) is 2.34. The van der Waals surface area contributed by atoms with E-state index in [-0.39, 0.29) is 0 Å². The van der Waals surface area contributed by atoms with Gasteiger partial charge in [-0.25, -0.2) is 0 Å². The van der Waals surface area contributed by atoms with E-state index in [4.69, 9.17) is 0 Å².